The first kappa shape index (κ1) is 19.3. The van der Waals surface area contributed by atoms with E-state index in [-0.39, 0.29) is 24.0 Å². The molecule has 0 bridgehead atoms. The average molecular weight is 375 g/mol. The molecule has 148 valence electrons. The van der Waals surface area contributed by atoms with Gasteiger partial charge in [0.1, 0.15) is 0 Å². The standard InChI is InChI=1S/C20H29N3O4/c1-26-17-10-9-16(12-18(17)27-2)23-13-15(11-19(23)24)22-20(25)21-14-7-5-3-4-6-8-14/h9-10,12,14-15H,3-8,11,13H2,1-2H3,(H2,21,22,25)/t15-/m0/s1. The van der Waals surface area contributed by atoms with E-state index in [2.05, 4.69) is 10.6 Å². The molecule has 7 heteroatoms. The molecular weight excluding hydrogens is 346 g/mol. The monoisotopic (exact) mass is 375 g/mol. The van der Waals surface area contributed by atoms with Gasteiger partial charge >= 0.3 is 6.03 Å². The summed E-state index contributed by atoms with van der Waals surface area (Å²) in [6.07, 6.45) is 7.20. The molecule has 1 aliphatic heterocycles. The third-order valence-electron chi connectivity index (χ3n) is 5.33. The van der Waals surface area contributed by atoms with Crippen LogP contribution >= 0.6 is 0 Å². The lowest BCUT2D eigenvalue weighted by atomic mass is 10.1. The SMILES string of the molecule is COc1ccc(N2C[C@@H](NC(=O)NC3CCCCCC3)CC2=O)cc1OC. The Morgan fingerprint density at radius 3 is 2.33 bits per heavy atom. The maximum absolute atomic E-state index is 12.4. The van der Waals surface area contributed by atoms with E-state index in [1.54, 1.807) is 31.3 Å². The lowest BCUT2D eigenvalue weighted by Gasteiger charge is -2.20. The number of hydrogen-bond donors (Lipinski definition) is 2. The average Bonchev–Trinajstić information content (AvgIpc) is 2.85. The van der Waals surface area contributed by atoms with Crippen LogP contribution in [0.2, 0.25) is 0 Å². The predicted molar refractivity (Wildman–Crippen MR) is 103 cm³/mol. The fraction of sp³-hybridized carbons (Fsp3) is 0.600. The second-order valence-electron chi connectivity index (χ2n) is 7.25. The van der Waals surface area contributed by atoms with E-state index in [0.29, 0.717) is 24.5 Å². The van der Waals surface area contributed by atoms with E-state index in [9.17, 15) is 9.59 Å². The molecule has 2 fully saturated rings. The minimum absolute atomic E-state index is 0.0120. The Bertz CT molecular complexity index is 671. The van der Waals surface area contributed by atoms with Gasteiger partial charge in [-0.15, -0.1) is 0 Å². The van der Waals surface area contributed by atoms with Crippen molar-refractivity contribution in [3.8, 4) is 11.5 Å². The molecule has 1 heterocycles. The number of anilines is 1. The Morgan fingerprint density at radius 2 is 1.67 bits per heavy atom. The number of carbonyl (C=O) groups excluding carboxylic acids is 2. The number of ether oxygens (including phenoxy) is 2. The lowest BCUT2D eigenvalue weighted by Crippen LogP contribution is -2.47. The van der Waals surface area contributed by atoms with Crippen LogP contribution in [0.5, 0.6) is 11.5 Å². The highest BCUT2D eigenvalue weighted by molar-refractivity contribution is 5.97. The predicted octanol–water partition coefficient (Wildman–Crippen LogP) is 2.83. The largest absolute Gasteiger partial charge is 0.493 e. The maximum Gasteiger partial charge on any atom is 0.315 e. The van der Waals surface area contributed by atoms with Crippen LogP contribution in [0, 0.1) is 0 Å². The molecule has 0 unspecified atom stereocenters. The van der Waals surface area contributed by atoms with Crippen LogP contribution < -0.4 is 25.0 Å². The second kappa shape index (κ2) is 8.97. The van der Waals surface area contributed by atoms with Gasteiger partial charge in [0.25, 0.3) is 0 Å². The van der Waals surface area contributed by atoms with Gasteiger partial charge in [-0.05, 0) is 25.0 Å². The summed E-state index contributed by atoms with van der Waals surface area (Å²) in [7, 11) is 3.14. The van der Waals surface area contributed by atoms with Crippen LogP contribution in [0.3, 0.4) is 0 Å². The third kappa shape index (κ3) is 4.84. The van der Waals surface area contributed by atoms with Crippen LogP contribution in [-0.2, 0) is 4.79 Å². The Balaban J connectivity index is 1.57. The quantitative estimate of drug-likeness (QED) is 0.776. The third-order valence-corrected chi connectivity index (χ3v) is 5.33. The molecule has 1 saturated heterocycles. The second-order valence-corrected chi connectivity index (χ2v) is 7.25. The van der Waals surface area contributed by atoms with Gasteiger partial charge in [0.15, 0.2) is 11.5 Å². The first-order valence-corrected chi connectivity index (χ1v) is 9.70. The smallest absolute Gasteiger partial charge is 0.315 e. The summed E-state index contributed by atoms with van der Waals surface area (Å²) in [5.41, 5.74) is 0.742. The highest BCUT2D eigenvalue weighted by Gasteiger charge is 2.32. The van der Waals surface area contributed by atoms with Gasteiger partial charge in [0.05, 0.1) is 20.3 Å². The summed E-state index contributed by atoms with van der Waals surface area (Å²) in [5, 5.41) is 6.03. The van der Waals surface area contributed by atoms with Crippen LogP contribution in [0.4, 0.5) is 10.5 Å². The van der Waals surface area contributed by atoms with Crippen LogP contribution in [0.1, 0.15) is 44.9 Å². The van der Waals surface area contributed by atoms with E-state index in [1.165, 1.54) is 25.7 Å². The summed E-state index contributed by atoms with van der Waals surface area (Å²) in [5.74, 6) is 1.18. The maximum atomic E-state index is 12.4. The topological polar surface area (TPSA) is 79.9 Å². The summed E-state index contributed by atoms with van der Waals surface area (Å²) in [6, 6.07) is 5.26. The zero-order valence-electron chi connectivity index (χ0n) is 16.1. The van der Waals surface area contributed by atoms with Crippen molar-refractivity contribution < 1.29 is 19.1 Å². The molecule has 1 saturated carbocycles. The number of nitrogens with one attached hydrogen (secondary N) is 2. The first-order valence-electron chi connectivity index (χ1n) is 9.70. The summed E-state index contributed by atoms with van der Waals surface area (Å²) in [6.45, 7) is 0.451. The molecule has 2 aliphatic rings. The van der Waals surface area contributed by atoms with Crippen molar-refractivity contribution >= 4 is 17.6 Å². The zero-order valence-corrected chi connectivity index (χ0v) is 16.1. The Morgan fingerprint density at radius 1 is 1.00 bits per heavy atom. The molecule has 27 heavy (non-hydrogen) atoms. The fourth-order valence-corrected chi connectivity index (χ4v) is 3.88. The molecule has 3 rings (SSSR count). The number of carbonyl (C=O) groups is 2. The van der Waals surface area contributed by atoms with Crippen molar-refractivity contribution in [1.29, 1.82) is 0 Å². The van der Waals surface area contributed by atoms with Crippen LogP contribution in [0.25, 0.3) is 0 Å². The number of urea groups is 1. The summed E-state index contributed by atoms with van der Waals surface area (Å²) in [4.78, 5) is 26.4. The van der Waals surface area contributed by atoms with Crippen molar-refractivity contribution in [2.24, 2.45) is 0 Å². The minimum Gasteiger partial charge on any atom is -0.493 e. The normalized spacial score (nSPS) is 20.9. The van der Waals surface area contributed by atoms with Crippen molar-refractivity contribution in [3.63, 3.8) is 0 Å². The molecule has 7 nitrogen and oxygen atoms in total. The van der Waals surface area contributed by atoms with Crippen LogP contribution in [0.15, 0.2) is 18.2 Å². The molecule has 1 atom stereocenters. The zero-order chi connectivity index (χ0) is 19.2. The number of rotatable bonds is 5. The summed E-state index contributed by atoms with van der Waals surface area (Å²) >= 11 is 0. The van der Waals surface area contributed by atoms with E-state index in [4.69, 9.17) is 9.47 Å². The molecule has 3 amide bonds. The molecule has 0 spiro atoms. The molecule has 0 aromatic heterocycles. The molecule has 1 aliphatic carbocycles. The number of nitrogens with zero attached hydrogens (tertiary/aromatic N) is 1. The van der Waals surface area contributed by atoms with Gasteiger partial charge < -0.3 is 25.0 Å². The van der Waals surface area contributed by atoms with Crippen molar-refractivity contribution in [2.75, 3.05) is 25.7 Å². The molecule has 1 aromatic carbocycles. The van der Waals surface area contributed by atoms with Gasteiger partial charge in [-0.2, -0.15) is 0 Å². The highest BCUT2D eigenvalue weighted by Crippen LogP contribution is 2.33. The molecule has 0 radical (unpaired) electrons. The molecular formula is C20H29N3O4. The van der Waals surface area contributed by atoms with Gasteiger partial charge in [-0.1, -0.05) is 25.7 Å². The van der Waals surface area contributed by atoms with Crippen molar-refractivity contribution in [3.05, 3.63) is 18.2 Å². The Hall–Kier alpha value is -2.44. The fourth-order valence-electron chi connectivity index (χ4n) is 3.88. The Labute approximate surface area is 160 Å². The highest BCUT2D eigenvalue weighted by atomic mass is 16.5. The summed E-state index contributed by atoms with van der Waals surface area (Å²) < 4.78 is 10.6. The van der Waals surface area contributed by atoms with Crippen molar-refractivity contribution in [1.82, 2.24) is 10.6 Å². The van der Waals surface area contributed by atoms with E-state index < -0.39 is 0 Å². The number of methoxy groups -OCH3 is 2. The van der Waals surface area contributed by atoms with Crippen molar-refractivity contribution in [2.45, 2.75) is 57.0 Å². The van der Waals surface area contributed by atoms with Crippen LogP contribution in [-0.4, -0.2) is 44.8 Å². The van der Waals surface area contributed by atoms with E-state index >= 15 is 0 Å². The van der Waals surface area contributed by atoms with E-state index in [1.807, 2.05) is 6.07 Å². The first-order chi connectivity index (χ1) is 13.1. The van der Waals surface area contributed by atoms with Gasteiger partial charge in [-0.3, -0.25) is 4.79 Å². The van der Waals surface area contributed by atoms with E-state index in [0.717, 1.165) is 18.5 Å². The van der Waals surface area contributed by atoms with Gasteiger partial charge in [0, 0.05) is 30.8 Å². The molecule has 1 aromatic rings. The number of amides is 3. The number of benzene rings is 1. The molecule has 2 N–H and O–H groups in total. The van der Waals surface area contributed by atoms with Gasteiger partial charge in [0.2, 0.25) is 5.91 Å². The minimum atomic E-state index is -0.198. The van der Waals surface area contributed by atoms with Gasteiger partial charge in [-0.25, -0.2) is 4.79 Å². The lowest BCUT2D eigenvalue weighted by molar-refractivity contribution is -0.117. The Kier molecular flexibility index (Phi) is 6.42. The number of hydrogen-bond acceptors (Lipinski definition) is 4.